The summed E-state index contributed by atoms with van der Waals surface area (Å²) < 4.78 is 32.3. The van der Waals surface area contributed by atoms with Gasteiger partial charge in [-0.3, -0.25) is 9.69 Å². The molecule has 0 radical (unpaired) electrons. The monoisotopic (exact) mass is 486 g/mol. The number of piperidine rings is 1. The van der Waals surface area contributed by atoms with Gasteiger partial charge in [-0.25, -0.2) is 18.0 Å². The van der Waals surface area contributed by atoms with Crippen LogP contribution in [0.1, 0.15) is 23.2 Å². The Morgan fingerprint density at radius 2 is 1.71 bits per heavy atom. The highest BCUT2D eigenvalue weighted by molar-refractivity contribution is 7.89. The van der Waals surface area contributed by atoms with Crippen molar-refractivity contribution in [3.8, 4) is 0 Å². The number of amides is 3. The second kappa shape index (κ2) is 9.82. The molecule has 2 fully saturated rings. The summed E-state index contributed by atoms with van der Waals surface area (Å²) >= 11 is 0. The van der Waals surface area contributed by atoms with Gasteiger partial charge in [-0.15, -0.1) is 0 Å². The molecular weight excluding hydrogens is 460 g/mol. The number of nitrogens with zero attached hydrogens (tertiary/aromatic N) is 2. The van der Waals surface area contributed by atoms with Crippen LogP contribution >= 0.6 is 0 Å². The molecular formula is C23H26N4O6S. The van der Waals surface area contributed by atoms with E-state index in [0.29, 0.717) is 31.6 Å². The minimum Gasteiger partial charge on any atom is -0.465 e. The number of hydrogen-bond acceptors (Lipinski definition) is 6. The van der Waals surface area contributed by atoms with Gasteiger partial charge in [-0.2, -0.15) is 4.31 Å². The first-order chi connectivity index (χ1) is 16.3. The van der Waals surface area contributed by atoms with Gasteiger partial charge in [0.25, 0.3) is 0 Å². The Bertz CT molecular complexity index is 1190. The van der Waals surface area contributed by atoms with Crippen molar-refractivity contribution >= 4 is 39.3 Å². The first-order valence-electron chi connectivity index (χ1n) is 10.9. The van der Waals surface area contributed by atoms with Crippen molar-refractivity contribution in [2.75, 3.05) is 43.5 Å². The Labute approximate surface area is 197 Å². The second-order valence-electron chi connectivity index (χ2n) is 8.09. The van der Waals surface area contributed by atoms with Gasteiger partial charge in [0.05, 0.1) is 17.6 Å². The number of urea groups is 1. The van der Waals surface area contributed by atoms with Gasteiger partial charge in [0, 0.05) is 43.5 Å². The summed E-state index contributed by atoms with van der Waals surface area (Å²) in [4.78, 5) is 38.1. The van der Waals surface area contributed by atoms with Crippen LogP contribution in [0, 0.1) is 5.92 Å². The zero-order valence-corrected chi connectivity index (χ0v) is 19.5. The molecule has 0 bridgehead atoms. The van der Waals surface area contributed by atoms with Crippen molar-refractivity contribution in [1.82, 2.24) is 9.62 Å². The molecule has 34 heavy (non-hydrogen) atoms. The molecule has 2 N–H and O–H groups in total. The Morgan fingerprint density at radius 1 is 1.03 bits per heavy atom. The van der Waals surface area contributed by atoms with Crippen LogP contribution in [0.15, 0.2) is 53.4 Å². The fourth-order valence-electron chi connectivity index (χ4n) is 4.15. The number of esters is 1. The van der Waals surface area contributed by atoms with Crippen LogP contribution in [0.5, 0.6) is 0 Å². The highest BCUT2D eigenvalue weighted by Gasteiger charge is 2.34. The molecule has 4 rings (SSSR count). The third-order valence-electron chi connectivity index (χ3n) is 6.04. The topological polar surface area (TPSA) is 125 Å². The fourth-order valence-corrected chi connectivity index (χ4v) is 5.80. The Kier molecular flexibility index (Phi) is 6.85. The van der Waals surface area contributed by atoms with Crippen LogP contribution in [-0.2, 0) is 19.6 Å². The average molecular weight is 487 g/mol. The van der Waals surface area contributed by atoms with E-state index in [0.717, 1.165) is 5.69 Å². The molecule has 0 unspecified atom stereocenters. The molecule has 0 spiro atoms. The second-order valence-corrected chi connectivity index (χ2v) is 9.99. The normalized spacial score (nSPS) is 17.3. The van der Waals surface area contributed by atoms with E-state index >= 15 is 0 Å². The number of nitrogens with one attached hydrogen (secondary N) is 2. The summed E-state index contributed by atoms with van der Waals surface area (Å²) in [7, 11) is -2.71. The van der Waals surface area contributed by atoms with Gasteiger partial charge in [0.1, 0.15) is 0 Å². The molecule has 10 nitrogen and oxygen atoms in total. The number of hydrogen-bond donors (Lipinski definition) is 2. The lowest BCUT2D eigenvalue weighted by Crippen LogP contribution is -2.41. The molecule has 2 aromatic carbocycles. The summed E-state index contributed by atoms with van der Waals surface area (Å²) in [6.45, 7) is 1.52. The molecule has 2 heterocycles. The molecule has 2 aliphatic rings. The van der Waals surface area contributed by atoms with Crippen molar-refractivity contribution in [3.05, 3.63) is 54.1 Å². The maximum Gasteiger partial charge on any atom is 0.339 e. The van der Waals surface area contributed by atoms with Gasteiger partial charge >= 0.3 is 12.0 Å². The van der Waals surface area contributed by atoms with Gasteiger partial charge in [-0.1, -0.05) is 12.1 Å². The van der Waals surface area contributed by atoms with Crippen molar-refractivity contribution in [2.45, 2.75) is 17.7 Å². The summed E-state index contributed by atoms with van der Waals surface area (Å²) in [5.74, 6) is -1.24. The molecule has 11 heteroatoms. The number of carbonyl (C=O) groups excluding carboxylic acids is 3. The number of anilines is 2. The van der Waals surface area contributed by atoms with Crippen molar-refractivity contribution in [3.63, 3.8) is 0 Å². The Morgan fingerprint density at radius 3 is 2.32 bits per heavy atom. The van der Waals surface area contributed by atoms with Crippen molar-refractivity contribution in [1.29, 1.82) is 0 Å². The molecule has 2 aliphatic heterocycles. The minimum absolute atomic E-state index is 0.0141. The molecule has 0 aliphatic carbocycles. The number of rotatable bonds is 6. The number of sulfonamides is 1. The third-order valence-corrected chi connectivity index (χ3v) is 8.00. The molecule has 180 valence electrons. The predicted molar refractivity (Wildman–Crippen MR) is 125 cm³/mol. The van der Waals surface area contributed by atoms with Crippen LogP contribution < -0.4 is 15.5 Å². The number of methoxy groups -OCH3 is 1. The van der Waals surface area contributed by atoms with Gasteiger partial charge in [0.2, 0.25) is 15.9 Å². The zero-order chi connectivity index (χ0) is 24.3. The van der Waals surface area contributed by atoms with Crippen LogP contribution in [0.4, 0.5) is 16.2 Å². The van der Waals surface area contributed by atoms with Crippen molar-refractivity contribution < 1.29 is 27.5 Å². The predicted octanol–water partition coefficient (Wildman–Crippen LogP) is 2.04. The molecule has 2 saturated heterocycles. The summed E-state index contributed by atoms with van der Waals surface area (Å²) in [6, 6.07) is 12.8. The largest absolute Gasteiger partial charge is 0.465 e. The molecule has 2 aromatic rings. The number of ether oxygens (including phenoxy) is 1. The van der Waals surface area contributed by atoms with Crippen LogP contribution in [-0.4, -0.2) is 63.9 Å². The van der Waals surface area contributed by atoms with E-state index in [2.05, 4.69) is 10.6 Å². The minimum atomic E-state index is -3.91. The Balaban J connectivity index is 1.37. The maximum atomic E-state index is 13.1. The smallest absolute Gasteiger partial charge is 0.339 e. The van der Waals surface area contributed by atoms with Crippen LogP contribution in [0.2, 0.25) is 0 Å². The van der Waals surface area contributed by atoms with Crippen LogP contribution in [0.3, 0.4) is 0 Å². The molecule has 0 saturated carbocycles. The zero-order valence-electron chi connectivity index (χ0n) is 18.7. The standard InChI is InChI=1S/C23H26N4O6S/c1-33-22(29)19-4-2-3-5-20(19)34(31,32)26-13-10-16(11-14-26)21(28)25-17-6-8-18(9-7-17)27-15-12-24-23(27)30/h2-9,16H,10-15H2,1H3,(H,24,30)(H,25,28). The lowest BCUT2D eigenvalue weighted by molar-refractivity contribution is -0.120. The van der Waals surface area contributed by atoms with E-state index in [4.69, 9.17) is 4.74 Å². The highest BCUT2D eigenvalue weighted by Crippen LogP contribution is 2.27. The van der Waals surface area contributed by atoms with E-state index in [-0.39, 0.29) is 41.4 Å². The molecule has 0 aromatic heterocycles. The lowest BCUT2D eigenvalue weighted by Gasteiger charge is -2.31. The van der Waals surface area contributed by atoms with E-state index in [9.17, 15) is 22.8 Å². The first kappa shape index (κ1) is 23.7. The van der Waals surface area contributed by atoms with Crippen molar-refractivity contribution in [2.24, 2.45) is 5.92 Å². The third kappa shape index (κ3) is 4.75. The maximum absolute atomic E-state index is 13.1. The van der Waals surface area contributed by atoms with E-state index in [1.807, 2.05) is 0 Å². The SMILES string of the molecule is COC(=O)c1ccccc1S(=O)(=O)N1CCC(C(=O)Nc2ccc(N3CCNC3=O)cc2)CC1. The number of carbonyl (C=O) groups is 3. The number of benzene rings is 2. The van der Waals surface area contributed by atoms with Gasteiger partial charge in [0.15, 0.2) is 0 Å². The van der Waals surface area contributed by atoms with E-state index < -0.39 is 16.0 Å². The Hall–Kier alpha value is -3.44. The summed E-state index contributed by atoms with van der Waals surface area (Å²) in [5, 5.41) is 5.61. The molecule has 0 atom stereocenters. The van der Waals surface area contributed by atoms with Gasteiger partial charge in [-0.05, 0) is 49.2 Å². The van der Waals surface area contributed by atoms with E-state index in [1.54, 1.807) is 41.3 Å². The highest BCUT2D eigenvalue weighted by atomic mass is 32.2. The summed E-state index contributed by atoms with van der Waals surface area (Å²) in [5.41, 5.74) is 1.34. The quantitative estimate of drug-likeness (QED) is 0.602. The van der Waals surface area contributed by atoms with Crippen LogP contribution in [0.25, 0.3) is 0 Å². The van der Waals surface area contributed by atoms with E-state index in [1.165, 1.54) is 23.5 Å². The summed E-state index contributed by atoms with van der Waals surface area (Å²) in [6.07, 6.45) is 0.717. The lowest BCUT2D eigenvalue weighted by atomic mass is 9.97. The first-order valence-corrected chi connectivity index (χ1v) is 12.4. The van der Waals surface area contributed by atoms with Gasteiger partial charge < -0.3 is 15.4 Å². The average Bonchev–Trinajstić information content (AvgIpc) is 3.29. The fraction of sp³-hybridized carbons (Fsp3) is 0.348. The molecule has 3 amide bonds.